The molecule has 0 aliphatic carbocycles. The first-order valence-corrected chi connectivity index (χ1v) is 6.50. The summed E-state index contributed by atoms with van der Waals surface area (Å²) in [6.45, 7) is 3.31. The van der Waals surface area contributed by atoms with Crippen molar-refractivity contribution in [2.24, 2.45) is 0 Å². The summed E-state index contributed by atoms with van der Waals surface area (Å²) < 4.78 is 1.10. The first-order chi connectivity index (χ1) is 6.94. The van der Waals surface area contributed by atoms with Gasteiger partial charge in [0.15, 0.2) is 5.12 Å². The van der Waals surface area contributed by atoms with Crippen molar-refractivity contribution < 1.29 is 9.28 Å². The van der Waals surface area contributed by atoms with E-state index in [4.69, 9.17) is 0 Å². The highest BCUT2D eigenvalue weighted by molar-refractivity contribution is 8.14. The first kappa shape index (κ1) is 11.4. The van der Waals surface area contributed by atoms with Crippen LogP contribution in [0.1, 0.15) is 19.3 Å². The van der Waals surface area contributed by atoms with E-state index in [1.165, 1.54) is 13.1 Å². The van der Waals surface area contributed by atoms with Gasteiger partial charge in [-0.15, -0.1) is 0 Å². The van der Waals surface area contributed by atoms with Crippen LogP contribution in [-0.4, -0.2) is 60.1 Å². The molecular formula is C11H21N2OS+. The molecule has 0 amide bonds. The minimum atomic E-state index is 0.128. The number of nitrogens with zero attached hydrogens (tertiary/aromatic N) is 2. The minimum Gasteiger partial charge on any atom is -0.328 e. The monoisotopic (exact) mass is 229 g/mol. The third-order valence-corrected chi connectivity index (χ3v) is 5.40. The largest absolute Gasteiger partial charge is 0.328 e. The summed E-state index contributed by atoms with van der Waals surface area (Å²) in [4.78, 5) is 14.1. The van der Waals surface area contributed by atoms with Crippen molar-refractivity contribution in [3.63, 3.8) is 0 Å². The molecule has 0 aromatic carbocycles. The van der Waals surface area contributed by atoms with Crippen LogP contribution < -0.4 is 0 Å². The Hall–Kier alpha value is -0.0600. The fourth-order valence-electron chi connectivity index (χ4n) is 2.48. The molecule has 0 unspecified atom stereocenters. The molecule has 0 atom stereocenters. The highest BCUT2D eigenvalue weighted by Gasteiger charge is 2.46. The van der Waals surface area contributed by atoms with E-state index in [9.17, 15) is 4.79 Å². The Balaban J connectivity index is 2.09. The van der Waals surface area contributed by atoms with Crippen molar-refractivity contribution in [1.82, 2.24) is 4.90 Å². The van der Waals surface area contributed by atoms with E-state index in [0.29, 0.717) is 5.12 Å². The molecule has 0 aromatic heterocycles. The molecule has 0 aromatic rings. The molecule has 0 radical (unpaired) electrons. The second-order valence-corrected chi connectivity index (χ2v) is 6.89. The Labute approximate surface area is 96.4 Å². The van der Waals surface area contributed by atoms with Gasteiger partial charge in [0.25, 0.3) is 0 Å². The molecule has 2 fully saturated rings. The van der Waals surface area contributed by atoms with Crippen LogP contribution >= 0.6 is 11.8 Å². The van der Waals surface area contributed by atoms with Gasteiger partial charge in [-0.25, -0.2) is 0 Å². The number of piperidine rings is 1. The molecule has 4 heteroatoms. The second-order valence-electron chi connectivity index (χ2n) is 5.47. The Morgan fingerprint density at radius 1 is 1.33 bits per heavy atom. The van der Waals surface area contributed by atoms with Crippen molar-refractivity contribution >= 4 is 16.9 Å². The Kier molecular flexibility index (Phi) is 2.86. The zero-order chi connectivity index (χ0) is 11.1. The first-order valence-electron chi connectivity index (χ1n) is 5.69. The van der Waals surface area contributed by atoms with E-state index >= 15 is 0 Å². The molecule has 86 valence electrons. The van der Waals surface area contributed by atoms with Gasteiger partial charge in [0.1, 0.15) is 0 Å². The predicted molar refractivity (Wildman–Crippen MR) is 63.7 cm³/mol. The Bertz CT molecular complexity index is 268. The molecule has 1 spiro atoms. The summed E-state index contributed by atoms with van der Waals surface area (Å²) in [6, 6.07) is 0. The SMILES string of the molecule is CN1CCC(=O)SC12CC[N+](C)(C)CC2. The van der Waals surface area contributed by atoms with Gasteiger partial charge in [-0.3, -0.25) is 9.69 Å². The van der Waals surface area contributed by atoms with Crippen molar-refractivity contribution in [2.75, 3.05) is 40.8 Å². The lowest BCUT2D eigenvalue weighted by Crippen LogP contribution is -2.58. The fraction of sp³-hybridized carbons (Fsp3) is 0.909. The van der Waals surface area contributed by atoms with Gasteiger partial charge in [0.2, 0.25) is 0 Å². The molecule has 0 N–H and O–H groups in total. The van der Waals surface area contributed by atoms with E-state index in [1.54, 1.807) is 11.8 Å². The van der Waals surface area contributed by atoms with Gasteiger partial charge in [0.05, 0.1) is 32.1 Å². The van der Waals surface area contributed by atoms with Crippen LogP contribution in [0.3, 0.4) is 0 Å². The van der Waals surface area contributed by atoms with Crippen LogP contribution in [-0.2, 0) is 4.79 Å². The molecule has 2 rings (SSSR count). The predicted octanol–water partition coefficient (Wildman–Crippen LogP) is 1.15. The lowest BCUT2D eigenvalue weighted by atomic mass is 10.0. The van der Waals surface area contributed by atoms with Gasteiger partial charge in [-0.1, -0.05) is 11.8 Å². The van der Waals surface area contributed by atoms with E-state index < -0.39 is 0 Å². The molecule has 2 aliphatic heterocycles. The average molecular weight is 229 g/mol. The van der Waals surface area contributed by atoms with Crippen LogP contribution in [0.5, 0.6) is 0 Å². The highest BCUT2D eigenvalue weighted by atomic mass is 32.2. The normalized spacial score (nSPS) is 30.7. The molecule has 2 saturated heterocycles. The van der Waals surface area contributed by atoms with E-state index in [2.05, 4.69) is 26.0 Å². The van der Waals surface area contributed by atoms with Gasteiger partial charge >= 0.3 is 0 Å². The summed E-state index contributed by atoms with van der Waals surface area (Å²) in [5.41, 5.74) is 0. The fourth-order valence-corrected chi connectivity index (χ4v) is 3.73. The van der Waals surface area contributed by atoms with Crippen molar-refractivity contribution in [1.29, 1.82) is 0 Å². The topological polar surface area (TPSA) is 20.3 Å². The lowest BCUT2D eigenvalue weighted by Gasteiger charge is -2.49. The maximum Gasteiger partial charge on any atom is 0.192 e. The molecule has 3 nitrogen and oxygen atoms in total. The van der Waals surface area contributed by atoms with Crippen LogP contribution in [0.25, 0.3) is 0 Å². The summed E-state index contributed by atoms with van der Waals surface area (Å²) in [7, 11) is 6.73. The maximum atomic E-state index is 11.6. The van der Waals surface area contributed by atoms with Crippen molar-refractivity contribution in [3.05, 3.63) is 0 Å². The quantitative estimate of drug-likeness (QED) is 0.581. The average Bonchev–Trinajstić information content (AvgIpc) is 2.17. The molecule has 0 bridgehead atoms. The zero-order valence-electron chi connectivity index (χ0n) is 9.95. The van der Waals surface area contributed by atoms with Crippen LogP contribution in [0, 0.1) is 0 Å². The summed E-state index contributed by atoms with van der Waals surface area (Å²) >= 11 is 1.60. The number of rotatable bonds is 0. The van der Waals surface area contributed by atoms with E-state index in [0.717, 1.165) is 30.3 Å². The number of carbonyl (C=O) groups is 1. The summed E-state index contributed by atoms with van der Waals surface area (Å²) in [6.07, 6.45) is 3.01. The summed E-state index contributed by atoms with van der Waals surface area (Å²) in [5.74, 6) is 0. The van der Waals surface area contributed by atoms with Gasteiger partial charge in [-0.05, 0) is 7.05 Å². The number of carbonyl (C=O) groups excluding carboxylic acids is 1. The second kappa shape index (κ2) is 3.75. The standard InChI is InChI=1S/C11H21N2OS/c1-12-7-4-10(14)15-11(12)5-8-13(2,3)9-6-11/h4-9H2,1-3H3/q+1. The Morgan fingerprint density at radius 2 is 1.93 bits per heavy atom. The third-order valence-electron chi connectivity index (χ3n) is 3.87. The van der Waals surface area contributed by atoms with Gasteiger partial charge in [0, 0.05) is 25.8 Å². The van der Waals surface area contributed by atoms with E-state index in [-0.39, 0.29) is 4.87 Å². The van der Waals surface area contributed by atoms with E-state index in [1.807, 2.05) is 0 Å². The molecule has 2 aliphatic rings. The number of quaternary nitrogens is 1. The lowest BCUT2D eigenvalue weighted by molar-refractivity contribution is -0.896. The third kappa shape index (κ3) is 2.22. The molecule has 2 heterocycles. The van der Waals surface area contributed by atoms with Crippen LogP contribution in [0.4, 0.5) is 0 Å². The van der Waals surface area contributed by atoms with Crippen molar-refractivity contribution in [2.45, 2.75) is 24.1 Å². The van der Waals surface area contributed by atoms with Gasteiger partial charge < -0.3 is 4.48 Å². The van der Waals surface area contributed by atoms with Crippen molar-refractivity contribution in [3.8, 4) is 0 Å². The number of hydrogen-bond donors (Lipinski definition) is 0. The number of hydrogen-bond acceptors (Lipinski definition) is 3. The Morgan fingerprint density at radius 3 is 2.53 bits per heavy atom. The number of likely N-dealkylation sites (tertiary alicyclic amines) is 1. The zero-order valence-corrected chi connectivity index (χ0v) is 10.8. The number of thioether (sulfide) groups is 1. The van der Waals surface area contributed by atoms with Crippen LogP contribution in [0.15, 0.2) is 0 Å². The maximum absolute atomic E-state index is 11.6. The summed E-state index contributed by atoms with van der Waals surface area (Å²) in [5, 5.41) is 0.389. The smallest absolute Gasteiger partial charge is 0.192 e. The van der Waals surface area contributed by atoms with Crippen LogP contribution in [0.2, 0.25) is 0 Å². The molecule has 0 saturated carbocycles. The van der Waals surface area contributed by atoms with Gasteiger partial charge in [-0.2, -0.15) is 0 Å². The minimum absolute atomic E-state index is 0.128. The molecule has 15 heavy (non-hydrogen) atoms. The highest BCUT2D eigenvalue weighted by Crippen LogP contribution is 2.43. The molecular weight excluding hydrogens is 208 g/mol.